The lowest BCUT2D eigenvalue weighted by molar-refractivity contribution is 0.364. The van der Waals surface area contributed by atoms with E-state index in [4.69, 9.17) is 4.78 Å². The Morgan fingerprint density at radius 1 is 1.22 bits per heavy atom. The first-order valence-electron chi connectivity index (χ1n) is 8.85. The van der Waals surface area contributed by atoms with Gasteiger partial charge in [-0.2, -0.15) is 10.6 Å². The van der Waals surface area contributed by atoms with Crippen LogP contribution in [0.2, 0.25) is 0 Å². The molecule has 2 aromatic carbocycles. The maximum atomic E-state index is 14.7. The minimum Gasteiger partial charge on any atom is -0.445 e. The average Bonchev–Trinajstić information content (AvgIpc) is 3.26. The Balaban J connectivity index is 0.000000376. The van der Waals surface area contributed by atoms with E-state index in [2.05, 4.69) is 4.98 Å². The van der Waals surface area contributed by atoms with Gasteiger partial charge in [-0.25, -0.2) is 8.78 Å². The van der Waals surface area contributed by atoms with Crippen molar-refractivity contribution in [1.29, 1.82) is 4.78 Å². The van der Waals surface area contributed by atoms with Crippen molar-refractivity contribution in [2.24, 2.45) is 0 Å². The molecule has 4 nitrogen and oxygen atoms in total. The highest BCUT2D eigenvalue weighted by molar-refractivity contribution is 7.73. The second kappa shape index (κ2) is 8.52. The van der Waals surface area contributed by atoms with Crippen molar-refractivity contribution in [1.82, 2.24) is 4.98 Å². The van der Waals surface area contributed by atoms with Crippen molar-refractivity contribution in [3.05, 3.63) is 54.3 Å². The molecule has 2 heterocycles. The molecule has 27 heavy (non-hydrogen) atoms. The van der Waals surface area contributed by atoms with Gasteiger partial charge in [0.2, 0.25) is 0 Å². The predicted octanol–water partition coefficient (Wildman–Crippen LogP) is 5.25. The third-order valence-electron chi connectivity index (χ3n) is 4.55. The van der Waals surface area contributed by atoms with Crippen LogP contribution in [-0.4, -0.2) is 30.0 Å². The number of hydrogen-bond acceptors (Lipinski definition) is 4. The molecule has 0 bridgehead atoms. The lowest BCUT2D eigenvalue weighted by Crippen LogP contribution is -2.20. The Labute approximate surface area is 159 Å². The fraction of sp³-hybridized carbons (Fsp3) is 0.300. The van der Waals surface area contributed by atoms with Crippen LogP contribution in [-0.2, 0) is 14.8 Å². The quantitative estimate of drug-likeness (QED) is 0.600. The lowest BCUT2D eigenvalue weighted by atomic mass is 10.1. The Bertz CT molecular complexity index is 992. The highest BCUT2D eigenvalue weighted by atomic mass is 32.2. The van der Waals surface area contributed by atoms with Crippen molar-refractivity contribution < 1.29 is 13.0 Å². The van der Waals surface area contributed by atoms with Crippen molar-refractivity contribution in [2.45, 2.75) is 19.5 Å². The monoisotopic (exact) mass is 390 g/mol. The van der Waals surface area contributed by atoms with Crippen LogP contribution in [0.3, 0.4) is 0 Å². The molecule has 7 heteroatoms. The largest absolute Gasteiger partial charge is 0.445 e. The SMILES string of the molecule is CC[S-](=N)=O.Fc1c(-c2ccccc2N2CCC(F)C2)[nH]c2ccccc12. The highest BCUT2D eigenvalue weighted by Crippen LogP contribution is 2.36. The number of benzene rings is 2. The van der Waals surface area contributed by atoms with Gasteiger partial charge < -0.3 is 18.9 Å². The summed E-state index contributed by atoms with van der Waals surface area (Å²) in [6.45, 7) is 2.75. The average molecular weight is 390 g/mol. The van der Waals surface area contributed by atoms with E-state index in [9.17, 15) is 13.0 Å². The van der Waals surface area contributed by atoms with E-state index in [1.165, 1.54) is 0 Å². The van der Waals surface area contributed by atoms with E-state index < -0.39 is 16.8 Å². The zero-order chi connectivity index (χ0) is 19.4. The summed E-state index contributed by atoms with van der Waals surface area (Å²) in [5.41, 5.74) is 2.91. The maximum Gasteiger partial charge on any atom is 0.156 e. The van der Waals surface area contributed by atoms with Gasteiger partial charge in [0.1, 0.15) is 6.17 Å². The molecule has 4 rings (SSSR count). The molecule has 0 amide bonds. The molecule has 0 spiro atoms. The van der Waals surface area contributed by atoms with Crippen LogP contribution < -0.4 is 4.90 Å². The van der Waals surface area contributed by atoms with Gasteiger partial charge in [-0.1, -0.05) is 43.0 Å². The number of nitrogens with zero attached hydrogens (tertiary/aromatic N) is 1. The third kappa shape index (κ3) is 4.30. The summed E-state index contributed by atoms with van der Waals surface area (Å²) < 4.78 is 44.1. The topological polar surface area (TPSA) is 60.0 Å². The minimum atomic E-state index is -1.32. The van der Waals surface area contributed by atoms with Crippen LogP contribution in [0.5, 0.6) is 0 Å². The lowest BCUT2D eigenvalue weighted by Gasteiger charge is -2.20. The number of halogens is 2. The Morgan fingerprint density at radius 3 is 2.52 bits per heavy atom. The van der Waals surface area contributed by atoms with Gasteiger partial charge in [-0.05, 0) is 24.6 Å². The summed E-state index contributed by atoms with van der Waals surface area (Å²) in [6.07, 6.45) is -0.274. The van der Waals surface area contributed by atoms with E-state index in [-0.39, 0.29) is 5.82 Å². The van der Waals surface area contributed by atoms with Crippen LogP contribution >= 0.6 is 0 Å². The number of nitrogens with one attached hydrogen (secondary N) is 2. The number of hydrogen-bond donors (Lipinski definition) is 2. The van der Waals surface area contributed by atoms with E-state index in [1.54, 1.807) is 13.0 Å². The van der Waals surface area contributed by atoms with Crippen LogP contribution in [0, 0.1) is 10.6 Å². The summed E-state index contributed by atoms with van der Waals surface area (Å²) in [7, 11) is -1.32. The zero-order valence-electron chi connectivity index (χ0n) is 15.0. The number of rotatable bonds is 3. The van der Waals surface area contributed by atoms with Crippen molar-refractivity contribution in [2.75, 3.05) is 23.7 Å². The molecular weight excluding hydrogens is 368 g/mol. The second-order valence-electron chi connectivity index (χ2n) is 6.34. The van der Waals surface area contributed by atoms with Gasteiger partial charge in [-0.3, -0.25) is 0 Å². The summed E-state index contributed by atoms with van der Waals surface area (Å²) in [5.74, 6) is 0.194. The Morgan fingerprint density at radius 2 is 1.89 bits per heavy atom. The predicted molar refractivity (Wildman–Crippen MR) is 107 cm³/mol. The number of fused-ring (bicyclic) bond motifs is 1. The molecule has 3 aromatic rings. The van der Waals surface area contributed by atoms with E-state index in [1.807, 2.05) is 47.4 Å². The van der Waals surface area contributed by atoms with Crippen molar-refractivity contribution in [3.63, 3.8) is 0 Å². The molecule has 1 saturated heterocycles. The van der Waals surface area contributed by atoms with Gasteiger partial charge in [-0.15, -0.1) is 0 Å². The molecule has 0 radical (unpaired) electrons. The number of para-hydroxylation sites is 2. The standard InChI is InChI=1S/C18H16F2N2.C2H6NOS/c19-12-9-10-22(11-12)16-8-4-2-6-14(16)18-17(20)13-5-1-3-7-15(13)21-18;1-2-5(3)4/h1-8,12,21H,9-11H2;3H,2H2,1H3/q;-1. The van der Waals surface area contributed by atoms with E-state index >= 15 is 0 Å². The first-order valence-corrected chi connectivity index (χ1v) is 10.2. The maximum absolute atomic E-state index is 14.7. The molecule has 1 aromatic heterocycles. The van der Waals surface area contributed by atoms with Crippen LogP contribution in [0.4, 0.5) is 14.5 Å². The molecule has 2 N–H and O–H groups in total. The molecule has 1 atom stereocenters. The zero-order valence-corrected chi connectivity index (χ0v) is 15.9. The molecule has 0 saturated carbocycles. The number of aromatic amines is 1. The summed E-state index contributed by atoms with van der Waals surface area (Å²) in [5, 5.41) is 0.581. The molecule has 1 fully saturated rings. The van der Waals surface area contributed by atoms with E-state index in [0.717, 1.165) is 16.8 Å². The number of alkyl halides is 1. The minimum absolute atomic E-state index is 0.251. The molecule has 1 aliphatic rings. The van der Waals surface area contributed by atoms with Gasteiger partial charge in [0, 0.05) is 35.2 Å². The van der Waals surface area contributed by atoms with Crippen LogP contribution in [0.1, 0.15) is 13.3 Å². The highest BCUT2D eigenvalue weighted by Gasteiger charge is 2.25. The second-order valence-corrected chi connectivity index (χ2v) is 7.61. The van der Waals surface area contributed by atoms with Gasteiger partial charge in [0.15, 0.2) is 5.82 Å². The first kappa shape index (κ1) is 19.4. The third-order valence-corrected chi connectivity index (χ3v) is 5.07. The Hall–Kier alpha value is -2.41. The van der Waals surface area contributed by atoms with Crippen molar-refractivity contribution >= 4 is 27.2 Å². The molecular formula is C20H22F2N3OS-. The summed E-state index contributed by atoms with van der Waals surface area (Å²) >= 11 is 0. The number of aromatic nitrogens is 1. The van der Waals surface area contributed by atoms with Crippen molar-refractivity contribution in [3.8, 4) is 11.3 Å². The smallest absolute Gasteiger partial charge is 0.156 e. The molecule has 0 aliphatic carbocycles. The molecule has 1 aliphatic heterocycles. The van der Waals surface area contributed by atoms with Gasteiger partial charge >= 0.3 is 0 Å². The first-order chi connectivity index (χ1) is 13.0. The van der Waals surface area contributed by atoms with Crippen LogP contribution in [0.25, 0.3) is 22.2 Å². The fourth-order valence-corrected chi connectivity index (χ4v) is 3.19. The summed E-state index contributed by atoms with van der Waals surface area (Å²) in [4.78, 5) is 5.15. The van der Waals surface area contributed by atoms with Gasteiger partial charge in [0.05, 0.1) is 5.69 Å². The van der Waals surface area contributed by atoms with Crippen LogP contribution in [0.15, 0.2) is 48.5 Å². The number of H-pyrrole nitrogens is 1. The summed E-state index contributed by atoms with van der Waals surface area (Å²) in [6, 6.07) is 14.9. The Kier molecular flexibility index (Phi) is 6.11. The fourth-order valence-electron chi connectivity index (χ4n) is 3.19. The van der Waals surface area contributed by atoms with Gasteiger partial charge in [0.25, 0.3) is 0 Å². The molecule has 144 valence electrons. The normalized spacial score (nSPS) is 16.6. The van der Waals surface area contributed by atoms with E-state index in [0.29, 0.717) is 36.3 Å². The molecule has 1 unspecified atom stereocenters. The number of anilines is 1.